The Hall–Kier alpha value is -2.38. The van der Waals surface area contributed by atoms with Crippen molar-refractivity contribution in [2.75, 3.05) is 13.2 Å². The van der Waals surface area contributed by atoms with E-state index in [1.54, 1.807) is 6.92 Å². The zero-order valence-electron chi connectivity index (χ0n) is 15.6. The number of ether oxygens (including phenoxy) is 1. The number of aryl methyl sites for hydroxylation is 2. The zero-order valence-corrected chi connectivity index (χ0v) is 16.4. The molecule has 0 spiro atoms. The van der Waals surface area contributed by atoms with Crippen LogP contribution in [0.5, 0.6) is 5.75 Å². The summed E-state index contributed by atoms with van der Waals surface area (Å²) < 4.78 is 46.5. The van der Waals surface area contributed by atoms with Crippen LogP contribution in [0.25, 0.3) is 10.9 Å². The van der Waals surface area contributed by atoms with Crippen molar-refractivity contribution in [2.45, 2.75) is 32.1 Å². The highest BCUT2D eigenvalue weighted by Gasteiger charge is 2.17. The number of hydrogen-bond donors (Lipinski definition) is 2. The Labute approximate surface area is 158 Å². The monoisotopic (exact) mass is 390 g/mol. The molecule has 144 valence electrons. The van der Waals surface area contributed by atoms with Crippen molar-refractivity contribution in [3.05, 3.63) is 59.0 Å². The van der Waals surface area contributed by atoms with Gasteiger partial charge in [-0.25, -0.2) is 17.5 Å². The average Bonchev–Trinajstić information content (AvgIpc) is 2.94. The van der Waals surface area contributed by atoms with Gasteiger partial charge in [-0.3, -0.25) is 0 Å². The number of aromatic amines is 1. The van der Waals surface area contributed by atoms with Gasteiger partial charge in [-0.1, -0.05) is 18.2 Å². The van der Waals surface area contributed by atoms with Crippen LogP contribution < -0.4 is 9.46 Å². The lowest BCUT2D eigenvalue weighted by atomic mass is 10.1. The Morgan fingerprint density at radius 1 is 1.19 bits per heavy atom. The Morgan fingerprint density at radius 3 is 2.70 bits per heavy atom. The van der Waals surface area contributed by atoms with E-state index in [0.29, 0.717) is 6.42 Å². The number of aromatic nitrogens is 1. The smallest absolute Gasteiger partial charge is 0.240 e. The van der Waals surface area contributed by atoms with E-state index in [-0.39, 0.29) is 23.8 Å². The van der Waals surface area contributed by atoms with Gasteiger partial charge in [-0.05, 0) is 50.5 Å². The second-order valence-electron chi connectivity index (χ2n) is 6.40. The van der Waals surface area contributed by atoms with Gasteiger partial charge >= 0.3 is 0 Å². The summed E-state index contributed by atoms with van der Waals surface area (Å²) in [5.41, 5.74) is 4.34. The highest BCUT2D eigenvalue weighted by atomic mass is 32.2. The first kappa shape index (κ1) is 19.4. The lowest BCUT2D eigenvalue weighted by Crippen LogP contribution is -2.26. The van der Waals surface area contributed by atoms with E-state index in [4.69, 9.17) is 4.74 Å². The fraction of sp³-hybridized carbons (Fsp3) is 0.300. The fourth-order valence-corrected chi connectivity index (χ4v) is 4.23. The van der Waals surface area contributed by atoms with E-state index in [9.17, 15) is 12.8 Å². The Bertz CT molecular complexity index is 1070. The van der Waals surface area contributed by atoms with Crippen LogP contribution in [0.4, 0.5) is 4.39 Å². The van der Waals surface area contributed by atoms with Crippen molar-refractivity contribution in [2.24, 2.45) is 0 Å². The Balaban J connectivity index is 1.76. The van der Waals surface area contributed by atoms with Crippen molar-refractivity contribution in [3.8, 4) is 5.75 Å². The standard InChI is InChI=1S/C20H23FN2O3S/c1-4-26-19-12-15(8-9-18(19)21)27(24,25)22-11-10-16-14(3)23-20-13(2)6-5-7-17(16)20/h5-9,12,22-23H,4,10-11H2,1-3H3. The van der Waals surface area contributed by atoms with Crippen LogP contribution in [-0.4, -0.2) is 26.6 Å². The van der Waals surface area contributed by atoms with Gasteiger partial charge in [-0.15, -0.1) is 0 Å². The molecular formula is C20H23FN2O3S. The zero-order chi connectivity index (χ0) is 19.6. The maximum Gasteiger partial charge on any atom is 0.240 e. The maximum atomic E-state index is 13.7. The molecule has 3 aromatic rings. The van der Waals surface area contributed by atoms with Gasteiger partial charge in [0.15, 0.2) is 11.6 Å². The van der Waals surface area contributed by atoms with E-state index < -0.39 is 15.8 Å². The van der Waals surface area contributed by atoms with E-state index in [1.807, 2.05) is 32.0 Å². The largest absolute Gasteiger partial charge is 0.491 e. The third kappa shape index (κ3) is 3.99. The van der Waals surface area contributed by atoms with Crippen LogP contribution in [-0.2, 0) is 16.4 Å². The molecule has 3 rings (SSSR count). The molecule has 0 bridgehead atoms. The minimum atomic E-state index is -3.75. The van der Waals surface area contributed by atoms with Crippen LogP contribution in [0.1, 0.15) is 23.7 Å². The summed E-state index contributed by atoms with van der Waals surface area (Å²) in [6.45, 7) is 6.23. The molecule has 0 fully saturated rings. The molecule has 1 aromatic heterocycles. The van der Waals surface area contributed by atoms with Gasteiger partial charge < -0.3 is 9.72 Å². The molecule has 0 aliphatic carbocycles. The second-order valence-corrected chi connectivity index (χ2v) is 8.17. The molecule has 0 saturated heterocycles. The predicted octanol–water partition coefficient (Wildman–Crippen LogP) is 3.84. The molecule has 0 amide bonds. The topological polar surface area (TPSA) is 71.2 Å². The van der Waals surface area contributed by atoms with Gasteiger partial charge in [0.1, 0.15) is 0 Å². The number of benzene rings is 2. The molecule has 2 N–H and O–H groups in total. The number of sulfonamides is 1. The van der Waals surface area contributed by atoms with Crippen LogP contribution >= 0.6 is 0 Å². The van der Waals surface area contributed by atoms with Crippen LogP contribution in [0.2, 0.25) is 0 Å². The number of halogens is 1. The molecular weight excluding hydrogens is 367 g/mol. The van der Waals surface area contributed by atoms with Crippen molar-refractivity contribution >= 4 is 20.9 Å². The van der Waals surface area contributed by atoms with Crippen LogP contribution in [0.15, 0.2) is 41.3 Å². The van der Waals surface area contributed by atoms with Crippen molar-refractivity contribution in [3.63, 3.8) is 0 Å². The summed E-state index contributed by atoms with van der Waals surface area (Å²) in [6.07, 6.45) is 0.550. The molecule has 0 atom stereocenters. The Morgan fingerprint density at radius 2 is 1.96 bits per heavy atom. The third-order valence-corrected chi connectivity index (χ3v) is 6.00. The van der Waals surface area contributed by atoms with Gasteiger partial charge in [-0.2, -0.15) is 0 Å². The maximum absolute atomic E-state index is 13.7. The minimum Gasteiger partial charge on any atom is -0.491 e. The molecule has 1 heterocycles. The van der Waals surface area contributed by atoms with E-state index in [2.05, 4.69) is 9.71 Å². The molecule has 27 heavy (non-hydrogen) atoms. The average molecular weight is 390 g/mol. The summed E-state index contributed by atoms with van der Waals surface area (Å²) in [4.78, 5) is 3.35. The van der Waals surface area contributed by atoms with Crippen LogP contribution in [0.3, 0.4) is 0 Å². The highest BCUT2D eigenvalue weighted by molar-refractivity contribution is 7.89. The van der Waals surface area contributed by atoms with Crippen molar-refractivity contribution in [1.29, 1.82) is 0 Å². The molecule has 0 aliphatic rings. The summed E-state index contributed by atoms with van der Waals surface area (Å²) in [5.74, 6) is -0.649. The molecule has 2 aromatic carbocycles. The summed E-state index contributed by atoms with van der Waals surface area (Å²) in [5, 5.41) is 1.10. The van der Waals surface area contributed by atoms with Gasteiger partial charge in [0.05, 0.1) is 11.5 Å². The number of fused-ring (bicyclic) bond motifs is 1. The van der Waals surface area contributed by atoms with Crippen molar-refractivity contribution in [1.82, 2.24) is 9.71 Å². The lowest BCUT2D eigenvalue weighted by molar-refractivity contribution is 0.320. The molecule has 0 radical (unpaired) electrons. The minimum absolute atomic E-state index is 0.0150. The first-order chi connectivity index (χ1) is 12.8. The second kappa shape index (κ2) is 7.70. The SMILES string of the molecule is CCOc1cc(S(=O)(=O)NCCc2c(C)[nH]c3c(C)cccc23)ccc1F. The van der Waals surface area contributed by atoms with Gasteiger partial charge in [0, 0.05) is 29.2 Å². The summed E-state index contributed by atoms with van der Waals surface area (Å²) in [6, 6.07) is 9.61. The number of H-pyrrole nitrogens is 1. The third-order valence-electron chi connectivity index (χ3n) is 4.54. The van der Waals surface area contributed by atoms with Gasteiger partial charge in [0.25, 0.3) is 0 Å². The van der Waals surface area contributed by atoms with E-state index in [0.717, 1.165) is 33.8 Å². The van der Waals surface area contributed by atoms with E-state index in [1.165, 1.54) is 12.1 Å². The predicted molar refractivity (Wildman–Crippen MR) is 104 cm³/mol. The van der Waals surface area contributed by atoms with E-state index >= 15 is 0 Å². The number of rotatable bonds is 7. The first-order valence-corrected chi connectivity index (χ1v) is 10.3. The number of hydrogen-bond acceptors (Lipinski definition) is 3. The highest BCUT2D eigenvalue weighted by Crippen LogP contribution is 2.25. The normalized spacial score (nSPS) is 11.9. The summed E-state index contributed by atoms with van der Waals surface area (Å²) in [7, 11) is -3.75. The lowest BCUT2D eigenvalue weighted by Gasteiger charge is -2.10. The van der Waals surface area contributed by atoms with Crippen LogP contribution in [0, 0.1) is 19.7 Å². The molecule has 0 unspecified atom stereocenters. The quantitative estimate of drug-likeness (QED) is 0.644. The number of nitrogens with one attached hydrogen (secondary N) is 2. The fourth-order valence-electron chi connectivity index (χ4n) is 3.18. The molecule has 5 nitrogen and oxygen atoms in total. The summed E-state index contributed by atoms with van der Waals surface area (Å²) >= 11 is 0. The number of para-hydroxylation sites is 1. The molecule has 0 aliphatic heterocycles. The molecule has 0 saturated carbocycles. The first-order valence-electron chi connectivity index (χ1n) is 8.82. The molecule has 7 heteroatoms. The van der Waals surface area contributed by atoms with Gasteiger partial charge in [0.2, 0.25) is 10.0 Å². The Kier molecular flexibility index (Phi) is 5.53. The van der Waals surface area contributed by atoms with Crippen molar-refractivity contribution < 1.29 is 17.5 Å².